The van der Waals surface area contributed by atoms with Crippen LogP contribution in [0, 0.1) is 13.8 Å². The van der Waals surface area contributed by atoms with Crippen molar-refractivity contribution in [3.8, 4) is 5.75 Å². The van der Waals surface area contributed by atoms with Gasteiger partial charge in [-0.15, -0.1) is 0 Å². The fourth-order valence-electron chi connectivity index (χ4n) is 1.98. The first-order valence-corrected chi connectivity index (χ1v) is 6.42. The van der Waals surface area contributed by atoms with E-state index in [0.29, 0.717) is 5.56 Å². The zero-order valence-electron chi connectivity index (χ0n) is 12.4. The summed E-state index contributed by atoms with van der Waals surface area (Å²) in [5.74, 6) is 0.204. The molecule has 1 aromatic carbocycles. The number of nitrogens with two attached hydrogens (primary N) is 1. The minimum absolute atomic E-state index is 0.136. The molecule has 0 bridgehead atoms. The fraction of sp³-hybridized carbons (Fsp3) is 0.467. The van der Waals surface area contributed by atoms with E-state index in [0.717, 1.165) is 16.9 Å². The van der Waals surface area contributed by atoms with Crippen LogP contribution in [0.4, 0.5) is 0 Å². The topological polar surface area (TPSA) is 78.6 Å². The summed E-state index contributed by atoms with van der Waals surface area (Å²) in [6, 6.07) is 2.88. The van der Waals surface area contributed by atoms with Crippen LogP contribution in [0.2, 0.25) is 0 Å². The summed E-state index contributed by atoms with van der Waals surface area (Å²) < 4.78 is 9.75. The van der Waals surface area contributed by atoms with Gasteiger partial charge in [0.05, 0.1) is 20.3 Å². The highest BCUT2D eigenvalue weighted by atomic mass is 16.5. The van der Waals surface area contributed by atoms with Gasteiger partial charge in [0.2, 0.25) is 0 Å². The molecule has 0 heterocycles. The van der Waals surface area contributed by atoms with Crippen LogP contribution in [0.5, 0.6) is 5.75 Å². The molecule has 5 heteroatoms. The zero-order chi connectivity index (χ0) is 15.3. The molecule has 0 aliphatic rings. The molecule has 1 rings (SSSR count). The van der Waals surface area contributed by atoms with Gasteiger partial charge < -0.3 is 15.2 Å². The van der Waals surface area contributed by atoms with Crippen molar-refractivity contribution in [2.75, 3.05) is 14.2 Å². The van der Waals surface area contributed by atoms with Crippen molar-refractivity contribution in [3.63, 3.8) is 0 Å². The van der Waals surface area contributed by atoms with Gasteiger partial charge in [0.15, 0.2) is 5.78 Å². The van der Waals surface area contributed by atoms with Crippen LogP contribution in [0.3, 0.4) is 0 Å². The summed E-state index contributed by atoms with van der Waals surface area (Å²) in [6.45, 7) is 3.71. The number of ether oxygens (including phenoxy) is 2. The van der Waals surface area contributed by atoms with Crippen molar-refractivity contribution >= 4 is 11.8 Å². The average Bonchev–Trinajstić information content (AvgIpc) is 2.45. The Balaban J connectivity index is 2.86. The Morgan fingerprint density at radius 1 is 1.20 bits per heavy atom. The van der Waals surface area contributed by atoms with Gasteiger partial charge in [-0.3, -0.25) is 9.59 Å². The van der Waals surface area contributed by atoms with E-state index in [1.807, 2.05) is 19.9 Å². The second kappa shape index (κ2) is 7.05. The van der Waals surface area contributed by atoms with Crippen LogP contribution < -0.4 is 10.5 Å². The lowest BCUT2D eigenvalue weighted by molar-refractivity contribution is -0.140. The zero-order valence-corrected chi connectivity index (χ0v) is 12.4. The summed E-state index contributed by atoms with van der Waals surface area (Å²) in [7, 11) is 2.90. The predicted molar refractivity (Wildman–Crippen MR) is 76.0 cm³/mol. The number of carbonyl (C=O) groups excluding carboxylic acids is 2. The second-order valence-electron chi connectivity index (χ2n) is 4.72. The number of Topliss-reactive ketones (excluding diaryl/α,β-unsaturated/α-hetero) is 1. The molecule has 5 nitrogen and oxygen atoms in total. The Morgan fingerprint density at radius 3 is 2.40 bits per heavy atom. The lowest BCUT2D eigenvalue weighted by Crippen LogP contribution is -2.31. The Morgan fingerprint density at radius 2 is 1.85 bits per heavy atom. The molecule has 20 heavy (non-hydrogen) atoms. The van der Waals surface area contributed by atoms with Crippen molar-refractivity contribution < 1.29 is 19.1 Å². The number of hydrogen-bond donors (Lipinski definition) is 1. The van der Waals surface area contributed by atoms with Crippen LogP contribution in [0.25, 0.3) is 0 Å². The van der Waals surface area contributed by atoms with Gasteiger partial charge in [0, 0.05) is 12.0 Å². The standard InChI is InChI=1S/C15H21NO4/c1-9-8-13(19-3)10(2)7-11(9)15(18)12(16)5-6-14(17)20-4/h7-8,12H,5-6,16H2,1-4H3. The van der Waals surface area contributed by atoms with Gasteiger partial charge in [0.25, 0.3) is 0 Å². The molecular formula is C15H21NO4. The molecule has 1 aromatic rings. The number of carbonyl (C=O) groups is 2. The molecule has 0 fully saturated rings. The highest BCUT2D eigenvalue weighted by molar-refractivity contribution is 6.01. The number of hydrogen-bond acceptors (Lipinski definition) is 5. The van der Waals surface area contributed by atoms with Gasteiger partial charge in [-0.05, 0) is 43.5 Å². The highest BCUT2D eigenvalue weighted by Crippen LogP contribution is 2.23. The van der Waals surface area contributed by atoms with Crippen LogP contribution >= 0.6 is 0 Å². The summed E-state index contributed by atoms with van der Waals surface area (Å²) in [5.41, 5.74) is 8.11. The summed E-state index contributed by atoms with van der Waals surface area (Å²) >= 11 is 0. The first kappa shape index (κ1) is 16.2. The molecule has 0 spiro atoms. The monoisotopic (exact) mass is 279 g/mol. The fourth-order valence-corrected chi connectivity index (χ4v) is 1.98. The van der Waals surface area contributed by atoms with Gasteiger partial charge in [-0.25, -0.2) is 0 Å². The molecule has 2 N–H and O–H groups in total. The van der Waals surface area contributed by atoms with Gasteiger partial charge >= 0.3 is 5.97 Å². The van der Waals surface area contributed by atoms with E-state index in [1.165, 1.54) is 7.11 Å². The van der Waals surface area contributed by atoms with Gasteiger partial charge in [-0.1, -0.05) is 0 Å². The van der Waals surface area contributed by atoms with E-state index < -0.39 is 6.04 Å². The SMILES string of the molecule is COC(=O)CCC(N)C(=O)c1cc(C)c(OC)cc1C. The molecule has 0 saturated carbocycles. The molecule has 1 atom stereocenters. The first-order valence-electron chi connectivity index (χ1n) is 6.42. The summed E-state index contributed by atoms with van der Waals surface area (Å²) in [6.07, 6.45) is 0.410. The van der Waals surface area contributed by atoms with Crippen molar-refractivity contribution in [1.29, 1.82) is 0 Å². The maximum Gasteiger partial charge on any atom is 0.305 e. The van der Waals surface area contributed by atoms with E-state index in [1.54, 1.807) is 13.2 Å². The highest BCUT2D eigenvalue weighted by Gasteiger charge is 2.20. The number of ketones is 1. The third-order valence-electron chi connectivity index (χ3n) is 3.23. The lowest BCUT2D eigenvalue weighted by atomic mass is 9.95. The number of benzene rings is 1. The number of aryl methyl sites for hydroxylation is 2. The van der Waals surface area contributed by atoms with E-state index >= 15 is 0 Å². The lowest BCUT2D eigenvalue weighted by Gasteiger charge is -2.14. The summed E-state index contributed by atoms with van der Waals surface area (Å²) in [4.78, 5) is 23.4. The van der Waals surface area contributed by atoms with E-state index in [2.05, 4.69) is 4.74 Å². The molecule has 110 valence electrons. The first-order chi connectivity index (χ1) is 9.40. The van der Waals surface area contributed by atoms with E-state index in [-0.39, 0.29) is 24.6 Å². The van der Waals surface area contributed by atoms with Crippen LogP contribution in [0.1, 0.15) is 34.3 Å². The van der Waals surface area contributed by atoms with Gasteiger partial charge in [-0.2, -0.15) is 0 Å². The predicted octanol–water partition coefficient (Wildman–Crippen LogP) is 1.78. The van der Waals surface area contributed by atoms with Crippen molar-refractivity contribution in [2.24, 2.45) is 5.73 Å². The average molecular weight is 279 g/mol. The third kappa shape index (κ3) is 3.81. The maximum absolute atomic E-state index is 12.3. The quantitative estimate of drug-likeness (QED) is 0.634. The molecule has 0 aliphatic heterocycles. The molecule has 0 radical (unpaired) electrons. The molecular weight excluding hydrogens is 258 g/mol. The number of methoxy groups -OCH3 is 2. The molecule has 0 aliphatic carbocycles. The van der Waals surface area contributed by atoms with E-state index in [4.69, 9.17) is 10.5 Å². The minimum atomic E-state index is -0.708. The van der Waals surface area contributed by atoms with Crippen molar-refractivity contribution in [2.45, 2.75) is 32.7 Å². The Labute approximate surface area is 119 Å². The molecule has 0 aromatic heterocycles. The Bertz CT molecular complexity index is 511. The van der Waals surface area contributed by atoms with Crippen molar-refractivity contribution in [1.82, 2.24) is 0 Å². The normalized spacial score (nSPS) is 11.8. The van der Waals surface area contributed by atoms with Crippen LogP contribution in [-0.4, -0.2) is 32.0 Å². The van der Waals surface area contributed by atoms with Crippen LogP contribution in [-0.2, 0) is 9.53 Å². The Kier molecular flexibility index (Phi) is 5.70. The smallest absolute Gasteiger partial charge is 0.305 e. The number of rotatable bonds is 6. The maximum atomic E-state index is 12.3. The third-order valence-corrected chi connectivity index (χ3v) is 3.23. The van der Waals surface area contributed by atoms with Crippen LogP contribution in [0.15, 0.2) is 12.1 Å². The molecule has 0 amide bonds. The minimum Gasteiger partial charge on any atom is -0.496 e. The van der Waals surface area contributed by atoms with Gasteiger partial charge in [0.1, 0.15) is 5.75 Å². The van der Waals surface area contributed by atoms with Crippen molar-refractivity contribution in [3.05, 3.63) is 28.8 Å². The summed E-state index contributed by atoms with van der Waals surface area (Å²) in [5, 5.41) is 0. The Hall–Kier alpha value is -1.88. The molecule has 1 unspecified atom stereocenters. The number of esters is 1. The largest absolute Gasteiger partial charge is 0.496 e. The van der Waals surface area contributed by atoms with E-state index in [9.17, 15) is 9.59 Å². The molecule has 0 saturated heterocycles. The second-order valence-corrected chi connectivity index (χ2v) is 4.72.